The van der Waals surface area contributed by atoms with Gasteiger partial charge in [-0.2, -0.15) is 13.2 Å². The van der Waals surface area contributed by atoms with Gasteiger partial charge in [0.15, 0.2) is 0 Å². The topological polar surface area (TPSA) is 103 Å². The van der Waals surface area contributed by atoms with Gasteiger partial charge in [-0.15, -0.1) is 11.3 Å². The van der Waals surface area contributed by atoms with Gasteiger partial charge < -0.3 is 24.8 Å². The summed E-state index contributed by atoms with van der Waals surface area (Å²) in [6.45, 7) is 0.968. The van der Waals surface area contributed by atoms with Gasteiger partial charge in [0.25, 0.3) is 5.91 Å². The lowest BCUT2D eigenvalue weighted by molar-refractivity contribution is -0.204. The van der Waals surface area contributed by atoms with Crippen LogP contribution in [0.15, 0.2) is 24.3 Å². The Morgan fingerprint density at radius 1 is 1.06 bits per heavy atom. The smallest absolute Gasteiger partial charge is 0.441 e. The molecule has 0 unspecified atom stereocenters. The number of hydrogen-bond donors (Lipinski definition) is 2. The number of nitrogens with one attached hydrogen (secondary N) is 2. The first kappa shape index (κ1) is 26.3. The number of rotatable bonds is 8. The lowest BCUT2D eigenvalue weighted by Gasteiger charge is -2.35. The molecule has 1 heterocycles. The van der Waals surface area contributed by atoms with E-state index in [0.29, 0.717) is 24.2 Å². The first-order valence-corrected chi connectivity index (χ1v) is 11.6. The van der Waals surface area contributed by atoms with Gasteiger partial charge in [0.2, 0.25) is 0 Å². The van der Waals surface area contributed by atoms with Crippen molar-refractivity contribution in [1.82, 2.24) is 5.32 Å². The number of ether oxygens (including phenoxy) is 3. The van der Waals surface area contributed by atoms with Crippen LogP contribution in [0.3, 0.4) is 0 Å². The van der Waals surface area contributed by atoms with Crippen molar-refractivity contribution in [3.05, 3.63) is 45.8 Å². The van der Waals surface area contributed by atoms with Gasteiger partial charge in [0, 0.05) is 10.4 Å². The van der Waals surface area contributed by atoms with E-state index >= 15 is 0 Å². The van der Waals surface area contributed by atoms with Gasteiger partial charge in [-0.1, -0.05) is 0 Å². The molecular weight excluding hydrogens is 489 g/mol. The molecule has 35 heavy (non-hydrogen) atoms. The fourth-order valence-electron chi connectivity index (χ4n) is 3.76. The summed E-state index contributed by atoms with van der Waals surface area (Å²) < 4.78 is 58.4. The Balaban J connectivity index is 2.11. The number of carbonyl (C=O) groups excluding carboxylic acids is 3. The summed E-state index contributed by atoms with van der Waals surface area (Å²) in [5.74, 6) is -3.41. The Morgan fingerprint density at radius 3 is 2.29 bits per heavy atom. The van der Waals surface area contributed by atoms with Gasteiger partial charge in [0.1, 0.15) is 10.8 Å². The highest BCUT2D eigenvalue weighted by Gasteiger charge is 2.64. The third-order valence-electron chi connectivity index (χ3n) is 5.52. The minimum atomic E-state index is -5.35. The van der Waals surface area contributed by atoms with E-state index in [4.69, 9.17) is 14.2 Å². The largest absolute Gasteiger partial charge is 0.497 e. The van der Waals surface area contributed by atoms with Crippen LogP contribution in [0.25, 0.3) is 0 Å². The number of anilines is 1. The number of esters is 2. The molecule has 0 saturated heterocycles. The molecule has 2 aromatic rings. The first-order valence-electron chi connectivity index (χ1n) is 10.8. The summed E-state index contributed by atoms with van der Waals surface area (Å²) in [6.07, 6.45) is -2.73. The van der Waals surface area contributed by atoms with Crippen molar-refractivity contribution < 1.29 is 41.8 Å². The molecule has 2 N–H and O–H groups in total. The van der Waals surface area contributed by atoms with Gasteiger partial charge in [0.05, 0.1) is 26.4 Å². The van der Waals surface area contributed by atoms with E-state index in [0.717, 1.165) is 36.2 Å². The zero-order valence-corrected chi connectivity index (χ0v) is 20.2. The third kappa shape index (κ3) is 5.21. The zero-order valence-electron chi connectivity index (χ0n) is 19.3. The molecule has 1 aliphatic carbocycles. The van der Waals surface area contributed by atoms with Crippen LogP contribution < -0.4 is 15.4 Å². The van der Waals surface area contributed by atoms with E-state index in [-0.39, 0.29) is 22.7 Å². The second-order valence-corrected chi connectivity index (χ2v) is 8.79. The van der Waals surface area contributed by atoms with Gasteiger partial charge in [-0.05, 0) is 62.4 Å². The van der Waals surface area contributed by atoms with E-state index < -0.39 is 29.7 Å². The van der Waals surface area contributed by atoms with E-state index in [1.54, 1.807) is 5.32 Å². The van der Waals surface area contributed by atoms with Crippen LogP contribution >= 0.6 is 11.3 Å². The molecule has 0 spiro atoms. The van der Waals surface area contributed by atoms with Crippen LogP contribution in [0.4, 0.5) is 18.2 Å². The highest BCUT2D eigenvalue weighted by Crippen LogP contribution is 2.42. The molecule has 0 aliphatic heterocycles. The van der Waals surface area contributed by atoms with Crippen molar-refractivity contribution in [3.8, 4) is 5.75 Å². The predicted molar refractivity (Wildman–Crippen MR) is 122 cm³/mol. The molecule has 0 saturated carbocycles. The van der Waals surface area contributed by atoms with Crippen LogP contribution in [0.1, 0.15) is 50.9 Å². The van der Waals surface area contributed by atoms with E-state index in [1.165, 1.54) is 38.3 Å². The van der Waals surface area contributed by atoms with Crippen molar-refractivity contribution in [2.24, 2.45) is 0 Å². The van der Waals surface area contributed by atoms with Crippen molar-refractivity contribution in [3.63, 3.8) is 0 Å². The van der Waals surface area contributed by atoms with Crippen molar-refractivity contribution in [1.29, 1.82) is 0 Å². The molecular formula is C23H25F3N2O6S. The molecule has 0 fully saturated rings. The van der Waals surface area contributed by atoms with Crippen LogP contribution in [0.5, 0.6) is 5.75 Å². The lowest BCUT2D eigenvalue weighted by Crippen LogP contribution is -2.69. The van der Waals surface area contributed by atoms with Gasteiger partial charge in [-0.3, -0.25) is 4.79 Å². The van der Waals surface area contributed by atoms with Gasteiger partial charge >= 0.3 is 23.8 Å². The second kappa shape index (κ2) is 10.5. The summed E-state index contributed by atoms with van der Waals surface area (Å²) in [6, 6.07) is 5.30. The Hall–Kier alpha value is -3.28. The van der Waals surface area contributed by atoms with Crippen molar-refractivity contribution in [2.45, 2.75) is 44.4 Å². The summed E-state index contributed by atoms with van der Waals surface area (Å²) in [4.78, 5) is 39.0. The van der Waals surface area contributed by atoms with Crippen LogP contribution in [-0.2, 0) is 27.1 Å². The Bertz CT molecular complexity index is 1100. The molecule has 190 valence electrons. The first-order chi connectivity index (χ1) is 16.6. The highest BCUT2D eigenvalue weighted by molar-refractivity contribution is 7.16. The molecule has 1 aromatic heterocycles. The number of hydrogen-bond acceptors (Lipinski definition) is 8. The minimum Gasteiger partial charge on any atom is -0.497 e. The molecule has 0 radical (unpaired) electrons. The maximum atomic E-state index is 14.6. The number of benzene rings is 1. The summed E-state index contributed by atoms with van der Waals surface area (Å²) >= 11 is 0.924. The predicted octanol–water partition coefficient (Wildman–Crippen LogP) is 4.09. The Kier molecular flexibility index (Phi) is 7.93. The number of methoxy groups -OCH3 is 2. The monoisotopic (exact) mass is 514 g/mol. The SMILES string of the molecule is CCOC(=O)[C@@](NC(=O)c1ccc(OC)cc1)(Nc1sc2c(c1C(=O)OC)CCCC2)C(F)(F)F. The molecule has 1 aromatic carbocycles. The molecule has 3 rings (SSSR count). The van der Waals surface area contributed by atoms with Gasteiger partial charge in [-0.25, -0.2) is 9.59 Å². The minimum absolute atomic E-state index is 0.0798. The molecule has 8 nitrogen and oxygen atoms in total. The van der Waals surface area contributed by atoms with E-state index in [2.05, 4.69) is 5.32 Å². The fraction of sp³-hybridized carbons (Fsp3) is 0.435. The molecule has 0 bridgehead atoms. The summed E-state index contributed by atoms with van der Waals surface area (Å²) in [7, 11) is 2.51. The fourth-order valence-corrected chi connectivity index (χ4v) is 5.09. The average molecular weight is 515 g/mol. The Labute approximate surface area is 203 Å². The summed E-state index contributed by atoms with van der Waals surface area (Å²) in [5.41, 5.74) is -3.32. The maximum Gasteiger partial charge on any atom is 0.441 e. The Morgan fingerprint density at radius 2 is 1.71 bits per heavy atom. The number of halogens is 3. The van der Waals surface area contributed by atoms with E-state index in [9.17, 15) is 27.6 Å². The van der Waals surface area contributed by atoms with Crippen molar-refractivity contribution >= 4 is 34.2 Å². The number of alkyl halides is 3. The quantitative estimate of drug-likeness (QED) is 0.404. The lowest BCUT2D eigenvalue weighted by atomic mass is 9.95. The molecule has 12 heteroatoms. The van der Waals surface area contributed by atoms with Crippen LogP contribution in [0, 0.1) is 0 Å². The average Bonchev–Trinajstić information content (AvgIpc) is 3.20. The van der Waals surface area contributed by atoms with Crippen molar-refractivity contribution in [2.75, 3.05) is 26.1 Å². The zero-order chi connectivity index (χ0) is 25.8. The summed E-state index contributed by atoms with van der Waals surface area (Å²) in [5, 5.41) is 3.70. The maximum absolute atomic E-state index is 14.6. The molecule has 1 amide bonds. The van der Waals surface area contributed by atoms with Crippen LogP contribution in [-0.4, -0.2) is 50.5 Å². The number of thiophene rings is 1. The van der Waals surface area contributed by atoms with Crippen LogP contribution in [0.2, 0.25) is 0 Å². The van der Waals surface area contributed by atoms with E-state index in [1.807, 2.05) is 0 Å². The molecule has 1 aliphatic rings. The standard InChI is InChI=1S/C23H25F3N2O6S/c1-4-34-21(31)22(23(24,25)26,27-18(29)13-9-11-14(32-2)12-10-13)28-19-17(20(30)33-3)15-7-5-6-8-16(15)35-19/h9-12,28H,4-8H2,1-3H3,(H,27,29)/t22-/m1/s1. The number of fused-ring (bicyclic) bond motifs is 1. The number of carbonyl (C=O) groups is 3. The number of aryl methyl sites for hydroxylation is 1. The number of amides is 1. The third-order valence-corrected chi connectivity index (χ3v) is 6.73. The second-order valence-electron chi connectivity index (χ2n) is 7.68. The molecule has 1 atom stereocenters. The highest BCUT2D eigenvalue weighted by atomic mass is 32.1. The normalized spacial score (nSPS) is 14.8.